The zero-order valence-corrected chi connectivity index (χ0v) is 19.0. The number of hydrogen-bond donors (Lipinski definition) is 1. The highest BCUT2D eigenvalue weighted by Crippen LogP contribution is 2.39. The molecule has 1 N–H and O–H groups in total. The normalized spacial score (nSPS) is 18.9. The van der Waals surface area contributed by atoms with Gasteiger partial charge in [-0.15, -0.1) is 0 Å². The maximum atomic E-state index is 6.07. The number of rotatable bonds is 6. The number of hydrogen-bond acceptors (Lipinski definition) is 4. The van der Waals surface area contributed by atoms with Crippen LogP contribution in [-0.4, -0.2) is 50.8 Å². The summed E-state index contributed by atoms with van der Waals surface area (Å²) < 4.78 is 6.07. The number of ether oxygens (including phenoxy) is 1. The van der Waals surface area contributed by atoms with Gasteiger partial charge in [-0.25, -0.2) is 0 Å². The largest absolute Gasteiger partial charge is 0.492 e. The first-order valence-corrected chi connectivity index (χ1v) is 11.8. The third-order valence-corrected chi connectivity index (χ3v) is 6.70. The zero-order valence-electron chi connectivity index (χ0n) is 19.0. The van der Waals surface area contributed by atoms with Crippen molar-refractivity contribution in [3.05, 3.63) is 95.1 Å². The Bertz CT molecular complexity index is 1010. The van der Waals surface area contributed by atoms with E-state index in [0.29, 0.717) is 0 Å². The molecule has 1 fully saturated rings. The maximum absolute atomic E-state index is 6.07. The number of nitrogens with one attached hydrogen (secondary N) is 1. The van der Waals surface area contributed by atoms with Crippen LogP contribution in [0.25, 0.3) is 0 Å². The molecule has 166 valence electrons. The summed E-state index contributed by atoms with van der Waals surface area (Å²) >= 11 is 0. The van der Waals surface area contributed by atoms with Gasteiger partial charge in [-0.05, 0) is 54.3 Å². The van der Waals surface area contributed by atoms with Crippen LogP contribution in [0.2, 0.25) is 0 Å². The second-order valence-corrected chi connectivity index (χ2v) is 8.89. The molecule has 4 nitrogen and oxygen atoms in total. The SMILES string of the molecule is Cc1ccc2c(c1)CCN(c1ccccc1)C2c1ccc(OCCN2CCNCC2)cc1. The van der Waals surface area contributed by atoms with Crippen LogP contribution in [0.15, 0.2) is 72.8 Å². The van der Waals surface area contributed by atoms with Crippen LogP contribution in [-0.2, 0) is 6.42 Å². The lowest BCUT2D eigenvalue weighted by atomic mass is 9.87. The Morgan fingerprint density at radius 2 is 1.69 bits per heavy atom. The van der Waals surface area contributed by atoms with Crippen LogP contribution in [0.5, 0.6) is 5.75 Å². The highest BCUT2D eigenvalue weighted by Gasteiger charge is 2.29. The summed E-state index contributed by atoms with van der Waals surface area (Å²) in [5.74, 6) is 0.954. The van der Waals surface area contributed by atoms with Gasteiger partial charge in [-0.2, -0.15) is 0 Å². The molecule has 4 heteroatoms. The van der Waals surface area contributed by atoms with Crippen molar-refractivity contribution in [2.24, 2.45) is 0 Å². The minimum atomic E-state index is 0.219. The molecule has 0 aromatic heterocycles. The summed E-state index contributed by atoms with van der Waals surface area (Å²) in [6.45, 7) is 9.31. The molecule has 1 saturated heterocycles. The average Bonchev–Trinajstić information content (AvgIpc) is 2.85. The van der Waals surface area contributed by atoms with E-state index in [-0.39, 0.29) is 6.04 Å². The maximum Gasteiger partial charge on any atom is 0.119 e. The third-order valence-electron chi connectivity index (χ3n) is 6.70. The van der Waals surface area contributed by atoms with Crippen molar-refractivity contribution < 1.29 is 4.74 Å². The van der Waals surface area contributed by atoms with Gasteiger partial charge >= 0.3 is 0 Å². The van der Waals surface area contributed by atoms with E-state index in [2.05, 4.69) is 94.8 Å². The van der Waals surface area contributed by atoms with Gasteiger partial charge in [0, 0.05) is 45.0 Å². The van der Waals surface area contributed by atoms with E-state index in [0.717, 1.165) is 58.0 Å². The van der Waals surface area contributed by atoms with E-state index in [1.165, 1.54) is 27.9 Å². The van der Waals surface area contributed by atoms with Crippen molar-refractivity contribution in [3.63, 3.8) is 0 Å². The van der Waals surface area contributed by atoms with Gasteiger partial charge in [0.05, 0.1) is 6.04 Å². The monoisotopic (exact) mass is 427 g/mol. The van der Waals surface area contributed by atoms with Crippen LogP contribution in [0.4, 0.5) is 5.69 Å². The molecular formula is C28H33N3O. The van der Waals surface area contributed by atoms with Crippen LogP contribution < -0.4 is 15.0 Å². The molecule has 0 radical (unpaired) electrons. The van der Waals surface area contributed by atoms with Crippen LogP contribution >= 0.6 is 0 Å². The molecule has 0 amide bonds. The van der Waals surface area contributed by atoms with Gasteiger partial charge in [-0.1, -0.05) is 54.1 Å². The molecule has 32 heavy (non-hydrogen) atoms. The van der Waals surface area contributed by atoms with Crippen molar-refractivity contribution >= 4 is 5.69 Å². The summed E-state index contributed by atoms with van der Waals surface area (Å²) in [4.78, 5) is 5.00. The lowest BCUT2D eigenvalue weighted by Crippen LogP contribution is -2.44. The Hall–Kier alpha value is -2.82. The Morgan fingerprint density at radius 1 is 0.906 bits per heavy atom. The number of nitrogens with zero attached hydrogens (tertiary/aromatic N) is 2. The molecular weight excluding hydrogens is 394 g/mol. The van der Waals surface area contributed by atoms with Crippen molar-refractivity contribution in [1.82, 2.24) is 10.2 Å². The highest BCUT2D eigenvalue weighted by atomic mass is 16.5. The molecule has 2 heterocycles. The van der Waals surface area contributed by atoms with Gasteiger partial charge < -0.3 is 15.0 Å². The van der Waals surface area contributed by atoms with E-state index < -0.39 is 0 Å². The Balaban J connectivity index is 1.35. The molecule has 0 saturated carbocycles. The molecule has 1 unspecified atom stereocenters. The summed E-state index contributed by atoms with van der Waals surface area (Å²) in [7, 11) is 0. The lowest BCUT2D eigenvalue weighted by molar-refractivity contribution is 0.191. The van der Waals surface area contributed by atoms with E-state index in [4.69, 9.17) is 4.74 Å². The van der Waals surface area contributed by atoms with Crippen LogP contribution in [0, 0.1) is 6.92 Å². The zero-order chi connectivity index (χ0) is 21.8. The Labute approximate surface area is 191 Å². The molecule has 1 atom stereocenters. The predicted molar refractivity (Wildman–Crippen MR) is 132 cm³/mol. The molecule has 2 aliphatic heterocycles. The van der Waals surface area contributed by atoms with Crippen LogP contribution in [0.1, 0.15) is 28.3 Å². The fourth-order valence-corrected chi connectivity index (χ4v) is 4.99. The summed E-state index contributed by atoms with van der Waals surface area (Å²) in [5, 5.41) is 3.40. The molecule has 0 spiro atoms. The molecule has 3 aromatic carbocycles. The lowest BCUT2D eigenvalue weighted by Gasteiger charge is -2.39. The Morgan fingerprint density at radius 3 is 2.47 bits per heavy atom. The Kier molecular flexibility index (Phi) is 6.42. The van der Waals surface area contributed by atoms with Gasteiger partial charge in [0.2, 0.25) is 0 Å². The first-order valence-electron chi connectivity index (χ1n) is 11.8. The second-order valence-electron chi connectivity index (χ2n) is 8.89. The standard InChI is InChI=1S/C28H33N3O/c1-22-7-12-27-24(21-22)13-16-31(25-5-3-2-4-6-25)28(27)23-8-10-26(11-9-23)32-20-19-30-17-14-29-15-18-30/h2-12,21,28-29H,13-20H2,1H3. The fourth-order valence-electron chi connectivity index (χ4n) is 4.99. The number of anilines is 1. The minimum Gasteiger partial charge on any atom is -0.492 e. The molecule has 3 aromatic rings. The van der Waals surface area contributed by atoms with Crippen molar-refractivity contribution in [1.29, 1.82) is 0 Å². The van der Waals surface area contributed by atoms with Gasteiger partial charge in [-0.3, -0.25) is 4.90 Å². The van der Waals surface area contributed by atoms with E-state index in [1.54, 1.807) is 0 Å². The first-order chi connectivity index (χ1) is 15.8. The van der Waals surface area contributed by atoms with Crippen LogP contribution in [0.3, 0.4) is 0 Å². The second kappa shape index (κ2) is 9.76. The van der Waals surface area contributed by atoms with E-state index >= 15 is 0 Å². The summed E-state index contributed by atoms with van der Waals surface area (Å²) in [6, 6.07) is 26.7. The van der Waals surface area contributed by atoms with Crippen molar-refractivity contribution in [2.75, 3.05) is 50.8 Å². The van der Waals surface area contributed by atoms with Gasteiger partial charge in [0.25, 0.3) is 0 Å². The van der Waals surface area contributed by atoms with Gasteiger partial charge in [0.15, 0.2) is 0 Å². The number of piperazine rings is 1. The molecule has 5 rings (SSSR count). The summed E-state index contributed by atoms with van der Waals surface area (Å²) in [5.41, 5.74) is 6.81. The molecule has 2 aliphatic rings. The number of fused-ring (bicyclic) bond motifs is 1. The molecule has 0 bridgehead atoms. The van der Waals surface area contributed by atoms with E-state index in [9.17, 15) is 0 Å². The highest BCUT2D eigenvalue weighted by molar-refractivity contribution is 5.56. The number of para-hydroxylation sites is 1. The third kappa shape index (κ3) is 4.67. The minimum absolute atomic E-state index is 0.219. The van der Waals surface area contributed by atoms with Crippen molar-refractivity contribution in [3.8, 4) is 5.75 Å². The average molecular weight is 428 g/mol. The number of benzene rings is 3. The van der Waals surface area contributed by atoms with Gasteiger partial charge in [0.1, 0.15) is 12.4 Å². The smallest absolute Gasteiger partial charge is 0.119 e. The summed E-state index contributed by atoms with van der Waals surface area (Å²) in [6.07, 6.45) is 1.08. The first kappa shape index (κ1) is 21.0. The van der Waals surface area contributed by atoms with E-state index in [1.807, 2.05) is 0 Å². The predicted octanol–water partition coefficient (Wildman–Crippen LogP) is 4.43. The number of aryl methyl sites for hydroxylation is 1. The van der Waals surface area contributed by atoms with Crippen molar-refractivity contribution in [2.45, 2.75) is 19.4 Å². The quantitative estimate of drug-likeness (QED) is 0.630. The topological polar surface area (TPSA) is 27.7 Å². The fraction of sp³-hybridized carbons (Fsp3) is 0.357. The molecule has 0 aliphatic carbocycles.